The number of sulfonamides is 1. The van der Waals surface area contributed by atoms with E-state index in [9.17, 15) is 8.42 Å². The van der Waals surface area contributed by atoms with Gasteiger partial charge in [-0.05, 0) is 40.0 Å². The number of nitrogens with zero attached hydrogens (tertiary/aromatic N) is 2. The first-order valence-corrected chi connectivity index (χ1v) is 10.3. The molecule has 0 saturated carbocycles. The number of halogens is 1. The maximum absolute atomic E-state index is 12.8. The molecule has 1 fully saturated rings. The number of hydrogen-bond acceptors (Lipinski definition) is 3. The number of benzene rings is 2. The molecule has 1 heterocycles. The van der Waals surface area contributed by atoms with Gasteiger partial charge in [-0.25, -0.2) is 8.42 Å². The minimum atomic E-state index is -3.42. The third-order valence-electron chi connectivity index (χ3n) is 4.35. The van der Waals surface area contributed by atoms with Crippen LogP contribution in [0.3, 0.4) is 0 Å². The van der Waals surface area contributed by atoms with Crippen molar-refractivity contribution in [2.75, 3.05) is 32.7 Å². The Morgan fingerprint density at radius 3 is 2.17 bits per heavy atom. The predicted molar refractivity (Wildman–Crippen MR) is 99.5 cm³/mol. The molecule has 1 aliphatic heterocycles. The van der Waals surface area contributed by atoms with E-state index in [4.69, 9.17) is 0 Å². The van der Waals surface area contributed by atoms with Gasteiger partial charge in [-0.1, -0.05) is 42.5 Å². The summed E-state index contributed by atoms with van der Waals surface area (Å²) < 4.78 is 27.8. The maximum atomic E-state index is 12.8. The lowest BCUT2D eigenvalue weighted by Gasteiger charge is -2.34. The highest BCUT2D eigenvalue weighted by atomic mass is 79.9. The van der Waals surface area contributed by atoms with Crippen molar-refractivity contribution in [3.8, 4) is 0 Å². The van der Waals surface area contributed by atoms with E-state index in [-0.39, 0.29) is 0 Å². The van der Waals surface area contributed by atoms with Gasteiger partial charge in [-0.2, -0.15) is 4.31 Å². The Balaban J connectivity index is 1.58. The van der Waals surface area contributed by atoms with E-state index in [0.29, 0.717) is 22.5 Å². The summed E-state index contributed by atoms with van der Waals surface area (Å²) in [6.45, 7) is 3.59. The Morgan fingerprint density at radius 1 is 0.875 bits per heavy atom. The predicted octanol–water partition coefficient (Wildman–Crippen LogP) is 3.00. The Bertz CT molecular complexity index is 773. The van der Waals surface area contributed by atoms with Gasteiger partial charge in [0.05, 0.1) is 4.90 Å². The lowest BCUT2D eigenvalue weighted by molar-refractivity contribution is 0.190. The fraction of sp³-hybridized carbons (Fsp3) is 0.333. The normalized spacial score (nSPS) is 17.0. The molecule has 0 radical (unpaired) electrons. The lowest BCUT2D eigenvalue weighted by atomic mass is 10.1. The number of piperazine rings is 1. The second kappa shape index (κ2) is 7.78. The van der Waals surface area contributed by atoms with Crippen molar-refractivity contribution in [3.05, 3.63) is 64.6 Å². The summed E-state index contributed by atoms with van der Waals surface area (Å²) in [6.07, 6.45) is 0.998. The second-order valence-corrected chi connectivity index (χ2v) is 8.67. The van der Waals surface area contributed by atoms with Crippen molar-refractivity contribution in [1.82, 2.24) is 9.21 Å². The molecule has 0 bridgehead atoms. The van der Waals surface area contributed by atoms with E-state index < -0.39 is 10.0 Å². The summed E-state index contributed by atoms with van der Waals surface area (Å²) in [5.74, 6) is 0. The average molecular weight is 409 g/mol. The minimum absolute atomic E-state index is 0.350. The van der Waals surface area contributed by atoms with Crippen LogP contribution in [0.25, 0.3) is 0 Å². The standard InChI is InChI=1S/C18H21BrN2O2S/c19-17-8-4-5-9-18(17)24(22,23)21-14-12-20(13-15-21)11-10-16-6-2-1-3-7-16/h1-9H,10-15H2. The van der Waals surface area contributed by atoms with Crippen LogP contribution in [0.2, 0.25) is 0 Å². The van der Waals surface area contributed by atoms with Crippen LogP contribution in [0.1, 0.15) is 5.56 Å². The van der Waals surface area contributed by atoms with Crippen LogP contribution in [0.4, 0.5) is 0 Å². The SMILES string of the molecule is O=S(=O)(c1ccccc1Br)N1CCN(CCc2ccccc2)CC1. The van der Waals surface area contributed by atoms with Gasteiger partial charge in [0.2, 0.25) is 10.0 Å². The smallest absolute Gasteiger partial charge is 0.244 e. The van der Waals surface area contributed by atoms with Crippen molar-refractivity contribution in [1.29, 1.82) is 0 Å². The highest BCUT2D eigenvalue weighted by molar-refractivity contribution is 9.10. The molecular weight excluding hydrogens is 388 g/mol. The highest BCUT2D eigenvalue weighted by Gasteiger charge is 2.29. The molecule has 2 aromatic carbocycles. The molecule has 1 saturated heterocycles. The van der Waals surface area contributed by atoms with Crippen LogP contribution < -0.4 is 0 Å². The molecule has 0 spiro atoms. The van der Waals surface area contributed by atoms with Crippen LogP contribution in [0.15, 0.2) is 64.0 Å². The van der Waals surface area contributed by atoms with E-state index in [0.717, 1.165) is 26.1 Å². The second-order valence-electron chi connectivity index (χ2n) is 5.91. The first-order chi connectivity index (χ1) is 11.6. The van der Waals surface area contributed by atoms with Crippen LogP contribution >= 0.6 is 15.9 Å². The molecule has 3 rings (SSSR count). The van der Waals surface area contributed by atoms with Crippen molar-refractivity contribution in [2.45, 2.75) is 11.3 Å². The Labute approximate surface area is 152 Å². The zero-order chi connectivity index (χ0) is 17.0. The van der Waals surface area contributed by atoms with E-state index in [1.54, 1.807) is 22.5 Å². The van der Waals surface area contributed by atoms with Gasteiger partial charge in [0.1, 0.15) is 0 Å². The zero-order valence-corrected chi connectivity index (χ0v) is 15.8. The van der Waals surface area contributed by atoms with Gasteiger partial charge in [-0.15, -0.1) is 0 Å². The number of hydrogen-bond donors (Lipinski definition) is 0. The van der Waals surface area contributed by atoms with Gasteiger partial charge in [0.25, 0.3) is 0 Å². The van der Waals surface area contributed by atoms with Crippen molar-refractivity contribution in [3.63, 3.8) is 0 Å². The molecule has 0 aromatic heterocycles. The molecule has 128 valence electrons. The quantitative estimate of drug-likeness (QED) is 0.763. The molecule has 1 aliphatic rings. The Morgan fingerprint density at radius 2 is 1.50 bits per heavy atom. The molecule has 24 heavy (non-hydrogen) atoms. The van der Waals surface area contributed by atoms with Crippen molar-refractivity contribution in [2.24, 2.45) is 0 Å². The summed E-state index contributed by atoms with van der Waals surface area (Å²) in [5.41, 5.74) is 1.32. The third kappa shape index (κ3) is 4.06. The van der Waals surface area contributed by atoms with Gasteiger partial charge < -0.3 is 4.90 Å². The molecule has 0 unspecified atom stereocenters. The fourth-order valence-corrected chi connectivity index (χ4v) is 5.30. The number of rotatable bonds is 5. The van der Waals surface area contributed by atoms with E-state index >= 15 is 0 Å². The molecular formula is C18H21BrN2O2S. The lowest BCUT2D eigenvalue weighted by Crippen LogP contribution is -2.49. The maximum Gasteiger partial charge on any atom is 0.244 e. The Hall–Kier alpha value is -1.21. The Kier molecular flexibility index (Phi) is 5.71. The fourth-order valence-electron chi connectivity index (χ4n) is 2.92. The molecule has 6 heteroatoms. The summed E-state index contributed by atoms with van der Waals surface area (Å²) in [7, 11) is -3.42. The van der Waals surface area contributed by atoms with E-state index in [1.165, 1.54) is 5.56 Å². The first kappa shape index (κ1) is 17.6. The molecule has 2 aromatic rings. The van der Waals surface area contributed by atoms with Crippen LogP contribution in [0.5, 0.6) is 0 Å². The topological polar surface area (TPSA) is 40.6 Å². The largest absolute Gasteiger partial charge is 0.300 e. The van der Waals surface area contributed by atoms with E-state index in [1.807, 2.05) is 12.1 Å². The summed E-state index contributed by atoms with van der Waals surface area (Å²) in [5, 5.41) is 0. The van der Waals surface area contributed by atoms with Gasteiger partial charge in [-0.3, -0.25) is 0 Å². The zero-order valence-electron chi connectivity index (χ0n) is 13.4. The first-order valence-electron chi connectivity index (χ1n) is 8.08. The average Bonchev–Trinajstić information content (AvgIpc) is 2.61. The third-order valence-corrected chi connectivity index (χ3v) is 7.26. The van der Waals surface area contributed by atoms with Crippen LogP contribution in [0, 0.1) is 0 Å². The van der Waals surface area contributed by atoms with Crippen molar-refractivity contribution < 1.29 is 8.42 Å². The molecule has 0 amide bonds. The minimum Gasteiger partial charge on any atom is -0.300 e. The van der Waals surface area contributed by atoms with Gasteiger partial charge >= 0.3 is 0 Å². The highest BCUT2D eigenvalue weighted by Crippen LogP contribution is 2.25. The van der Waals surface area contributed by atoms with Crippen LogP contribution in [-0.2, 0) is 16.4 Å². The monoisotopic (exact) mass is 408 g/mol. The molecule has 4 nitrogen and oxygen atoms in total. The summed E-state index contributed by atoms with van der Waals surface area (Å²) in [6, 6.07) is 17.4. The van der Waals surface area contributed by atoms with Gasteiger partial charge in [0, 0.05) is 37.2 Å². The summed E-state index contributed by atoms with van der Waals surface area (Å²) in [4.78, 5) is 2.68. The molecule has 0 N–H and O–H groups in total. The molecule has 0 atom stereocenters. The van der Waals surface area contributed by atoms with E-state index in [2.05, 4.69) is 45.1 Å². The van der Waals surface area contributed by atoms with Crippen molar-refractivity contribution >= 4 is 26.0 Å². The summed E-state index contributed by atoms with van der Waals surface area (Å²) >= 11 is 3.35. The van der Waals surface area contributed by atoms with Gasteiger partial charge in [0.15, 0.2) is 0 Å². The van der Waals surface area contributed by atoms with Crippen LogP contribution in [-0.4, -0.2) is 50.3 Å². The molecule has 0 aliphatic carbocycles.